The monoisotopic (exact) mass is 230 g/mol. The van der Waals surface area contributed by atoms with Crippen LogP contribution in [0, 0.1) is 6.92 Å². The Hall–Kier alpha value is -1.81. The van der Waals surface area contributed by atoms with Crippen molar-refractivity contribution in [1.82, 2.24) is 5.16 Å². The highest BCUT2D eigenvalue weighted by Gasteiger charge is 2.08. The summed E-state index contributed by atoms with van der Waals surface area (Å²) in [7, 11) is 0. The van der Waals surface area contributed by atoms with E-state index >= 15 is 0 Å². The van der Waals surface area contributed by atoms with Gasteiger partial charge in [0.25, 0.3) is 0 Å². The van der Waals surface area contributed by atoms with Gasteiger partial charge in [0, 0.05) is 10.8 Å². The smallest absolute Gasteiger partial charge is 0.179 e. The van der Waals surface area contributed by atoms with Gasteiger partial charge in [-0.3, -0.25) is 0 Å². The lowest BCUT2D eigenvalue weighted by molar-refractivity contribution is 0.436. The molecule has 80 valence electrons. The molecule has 4 heteroatoms. The molecule has 16 heavy (non-hydrogen) atoms. The lowest BCUT2D eigenvalue weighted by atomic mass is 10.2. The maximum atomic E-state index is 5.53. The molecule has 2 heterocycles. The van der Waals surface area contributed by atoms with Gasteiger partial charge in [-0.15, -0.1) is 11.3 Å². The number of rotatable bonds is 1. The molecular weight excluding hydrogens is 220 g/mol. The van der Waals surface area contributed by atoms with Crippen LogP contribution in [0.1, 0.15) is 5.56 Å². The predicted molar refractivity (Wildman–Crippen MR) is 66.5 cm³/mol. The molecule has 1 aromatic carbocycles. The molecule has 0 saturated carbocycles. The van der Waals surface area contributed by atoms with Gasteiger partial charge >= 0.3 is 0 Å². The van der Waals surface area contributed by atoms with Crippen molar-refractivity contribution in [1.29, 1.82) is 0 Å². The summed E-state index contributed by atoms with van der Waals surface area (Å²) >= 11 is 1.69. The quantitative estimate of drug-likeness (QED) is 0.696. The van der Waals surface area contributed by atoms with Gasteiger partial charge in [0.2, 0.25) is 0 Å². The Morgan fingerprint density at radius 2 is 2.12 bits per heavy atom. The molecule has 0 fully saturated rings. The van der Waals surface area contributed by atoms with Crippen molar-refractivity contribution in [2.45, 2.75) is 6.92 Å². The molecule has 3 aromatic rings. The van der Waals surface area contributed by atoms with Gasteiger partial charge in [0.05, 0.1) is 4.88 Å². The number of aryl methyl sites for hydroxylation is 1. The third-order valence-corrected chi connectivity index (χ3v) is 3.56. The summed E-state index contributed by atoms with van der Waals surface area (Å²) in [6.07, 6.45) is 0. The number of hydrogen-bond donors (Lipinski definition) is 1. The van der Waals surface area contributed by atoms with Crippen LogP contribution in [0.5, 0.6) is 0 Å². The lowest BCUT2D eigenvalue weighted by Crippen LogP contribution is -1.79. The molecule has 0 aliphatic carbocycles. The Labute approximate surface area is 96.5 Å². The first-order valence-corrected chi connectivity index (χ1v) is 5.77. The minimum absolute atomic E-state index is 0.420. The van der Waals surface area contributed by atoms with Crippen molar-refractivity contribution in [2.24, 2.45) is 0 Å². The van der Waals surface area contributed by atoms with Crippen LogP contribution in [0.2, 0.25) is 0 Å². The zero-order valence-corrected chi connectivity index (χ0v) is 9.54. The number of thiophene rings is 1. The second-order valence-corrected chi connectivity index (χ2v) is 4.85. The van der Waals surface area contributed by atoms with Gasteiger partial charge in [-0.2, -0.15) is 0 Å². The third-order valence-electron chi connectivity index (χ3n) is 2.45. The fourth-order valence-corrected chi connectivity index (χ4v) is 2.77. The molecule has 0 aliphatic rings. The summed E-state index contributed by atoms with van der Waals surface area (Å²) in [5.41, 5.74) is 6.80. The van der Waals surface area contributed by atoms with Crippen LogP contribution < -0.4 is 5.73 Å². The first kappa shape index (κ1) is 9.42. The number of nitrogen functional groups attached to an aromatic ring is 1. The lowest BCUT2D eigenvalue weighted by Gasteiger charge is -1.89. The van der Waals surface area contributed by atoms with E-state index in [4.69, 9.17) is 10.3 Å². The molecule has 2 aromatic heterocycles. The number of aromatic nitrogens is 1. The van der Waals surface area contributed by atoms with Crippen LogP contribution in [0.25, 0.3) is 20.7 Å². The summed E-state index contributed by atoms with van der Waals surface area (Å²) in [6.45, 7) is 2.09. The van der Waals surface area contributed by atoms with Gasteiger partial charge < -0.3 is 10.3 Å². The molecule has 0 amide bonds. The number of fused-ring (bicyclic) bond motifs is 1. The van der Waals surface area contributed by atoms with Crippen molar-refractivity contribution < 1.29 is 4.52 Å². The molecule has 0 atom stereocenters. The summed E-state index contributed by atoms with van der Waals surface area (Å²) in [5.74, 6) is 1.15. The maximum Gasteiger partial charge on any atom is 0.179 e. The number of anilines is 1. The summed E-state index contributed by atoms with van der Waals surface area (Å²) in [5, 5.41) is 4.91. The Bertz CT molecular complexity index is 654. The van der Waals surface area contributed by atoms with E-state index in [1.165, 1.54) is 15.6 Å². The molecule has 3 rings (SSSR count). The highest BCUT2D eigenvalue weighted by Crippen LogP contribution is 2.34. The Morgan fingerprint density at radius 3 is 2.88 bits per heavy atom. The van der Waals surface area contributed by atoms with E-state index in [1.54, 1.807) is 17.4 Å². The largest absolute Gasteiger partial charge is 0.381 e. The topological polar surface area (TPSA) is 52.0 Å². The van der Waals surface area contributed by atoms with Gasteiger partial charge in [-0.05, 0) is 30.0 Å². The van der Waals surface area contributed by atoms with Gasteiger partial charge in [0.1, 0.15) is 0 Å². The molecule has 0 unspecified atom stereocenters. The Morgan fingerprint density at radius 1 is 1.25 bits per heavy atom. The van der Waals surface area contributed by atoms with Crippen molar-refractivity contribution in [2.75, 3.05) is 5.73 Å². The van der Waals surface area contributed by atoms with Gasteiger partial charge in [-0.25, -0.2) is 0 Å². The summed E-state index contributed by atoms with van der Waals surface area (Å²) in [4.78, 5) is 1.06. The molecule has 0 radical (unpaired) electrons. The van der Waals surface area contributed by atoms with E-state index < -0.39 is 0 Å². The molecule has 3 nitrogen and oxygen atoms in total. The minimum Gasteiger partial charge on any atom is -0.381 e. The van der Waals surface area contributed by atoms with Gasteiger partial charge in [-0.1, -0.05) is 17.3 Å². The van der Waals surface area contributed by atoms with Crippen molar-refractivity contribution in [3.8, 4) is 10.6 Å². The van der Waals surface area contributed by atoms with E-state index in [2.05, 4.69) is 36.3 Å². The molecular formula is C12H10N2OS. The number of nitrogens with zero attached hydrogens (tertiary/aromatic N) is 1. The molecule has 0 aliphatic heterocycles. The zero-order valence-electron chi connectivity index (χ0n) is 8.73. The van der Waals surface area contributed by atoms with Crippen LogP contribution in [0.15, 0.2) is 34.9 Å². The van der Waals surface area contributed by atoms with Crippen LogP contribution in [-0.4, -0.2) is 5.16 Å². The van der Waals surface area contributed by atoms with Crippen LogP contribution in [-0.2, 0) is 0 Å². The normalized spacial score (nSPS) is 11.1. The Balaban J connectivity index is 2.18. The van der Waals surface area contributed by atoms with Crippen LogP contribution in [0.3, 0.4) is 0 Å². The summed E-state index contributed by atoms with van der Waals surface area (Å²) in [6, 6.07) is 10.2. The predicted octanol–water partition coefficient (Wildman–Crippen LogP) is 3.45. The standard InChI is InChI=1S/C12H10N2OS/c1-7-2-3-8-5-11(16-10(8)4-7)9-6-12(13)14-15-9/h2-6H,1H3,(H2,13,14). The van der Waals surface area contributed by atoms with E-state index in [1.807, 2.05) is 0 Å². The van der Waals surface area contributed by atoms with E-state index in [9.17, 15) is 0 Å². The molecule has 0 bridgehead atoms. The molecule has 2 N–H and O–H groups in total. The van der Waals surface area contributed by atoms with E-state index in [0.717, 1.165) is 10.6 Å². The minimum atomic E-state index is 0.420. The SMILES string of the molecule is Cc1ccc2cc(-c3cc(N)no3)sc2c1. The summed E-state index contributed by atoms with van der Waals surface area (Å²) < 4.78 is 6.40. The second kappa shape index (κ2) is 3.35. The highest BCUT2D eigenvalue weighted by atomic mass is 32.1. The number of benzene rings is 1. The zero-order chi connectivity index (χ0) is 11.1. The van der Waals surface area contributed by atoms with E-state index in [-0.39, 0.29) is 0 Å². The average Bonchev–Trinajstić information content (AvgIpc) is 2.83. The Kier molecular flexibility index (Phi) is 1.97. The highest BCUT2D eigenvalue weighted by molar-refractivity contribution is 7.22. The molecule has 0 saturated heterocycles. The van der Waals surface area contributed by atoms with Crippen LogP contribution in [0.4, 0.5) is 5.82 Å². The van der Waals surface area contributed by atoms with E-state index in [0.29, 0.717) is 5.82 Å². The van der Waals surface area contributed by atoms with Gasteiger partial charge in [0.15, 0.2) is 11.6 Å². The van der Waals surface area contributed by atoms with Crippen molar-refractivity contribution in [3.63, 3.8) is 0 Å². The van der Waals surface area contributed by atoms with Crippen molar-refractivity contribution in [3.05, 3.63) is 35.9 Å². The maximum absolute atomic E-state index is 5.53. The second-order valence-electron chi connectivity index (χ2n) is 3.77. The average molecular weight is 230 g/mol. The van der Waals surface area contributed by atoms with Crippen LogP contribution >= 0.6 is 11.3 Å². The molecule has 0 spiro atoms. The number of nitrogens with two attached hydrogens (primary N) is 1. The fraction of sp³-hybridized carbons (Fsp3) is 0.0833. The number of hydrogen-bond acceptors (Lipinski definition) is 4. The first-order valence-electron chi connectivity index (χ1n) is 4.95. The fourth-order valence-electron chi connectivity index (χ4n) is 1.66. The van der Waals surface area contributed by atoms with Crippen molar-refractivity contribution >= 4 is 27.2 Å². The first-order chi connectivity index (χ1) is 7.72. The third kappa shape index (κ3) is 1.47.